The third-order valence-electron chi connectivity index (χ3n) is 3.04. The van der Waals surface area contributed by atoms with E-state index in [-0.39, 0.29) is 6.04 Å². The molecule has 0 saturated heterocycles. The Bertz CT molecular complexity index is 643. The summed E-state index contributed by atoms with van der Waals surface area (Å²) in [7, 11) is 0. The van der Waals surface area contributed by atoms with Crippen molar-refractivity contribution in [2.45, 2.75) is 19.4 Å². The van der Waals surface area contributed by atoms with Gasteiger partial charge in [-0.2, -0.15) is 10.2 Å². The van der Waals surface area contributed by atoms with Gasteiger partial charge in [0, 0.05) is 18.2 Å². The first kappa shape index (κ1) is 11.0. The Morgan fingerprint density at radius 2 is 2.44 bits per heavy atom. The van der Waals surface area contributed by atoms with Crippen LogP contribution in [0.1, 0.15) is 30.8 Å². The molecular formula is C12H12FN5. The monoisotopic (exact) mass is 245 g/mol. The lowest BCUT2D eigenvalue weighted by atomic mass is 10.1. The van der Waals surface area contributed by atoms with Gasteiger partial charge in [0.25, 0.3) is 0 Å². The highest BCUT2D eigenvalue weighted by Gasteiger charge is 2.20. The van der Waals surface area contributed by atoms with E-state index >= 15 is 0 Å². The van der Waals surface area contributed by atoms with Crippen LogP contribution in [0.3, 0.4) is 0 Å². The first-order valence-electron chi connectivity index (χ1n) is 5.78. The van der Waals surface area contributed by atoms with E-state index in [1.807, 2.05) is 0 Å². The number of halogens is 1. The second-order valence-electron chi connectivity index (χ2n) is 4.26. The van der Waals surface area contributed by atoms with Crippen LogP contribution in [0.4, 0.5) is 4.39 Å². The van der Waals surface area contributed by atoms with Gasteiger partial charge in [-0.05, 0) is 18.6 Å². The Morgan fingerprint density at radius 3 is 3.17 bits per heavy atom. The Kier molecular flexibility index (Phi) is 2.62. The van der Waals surface area contributed by atoms with E-state index in [9.17, 15) is 4.39 Å². The molecule has 1 N–H and O–H groups in total. The predicted octanol–water partition coefficient (Wildman–Crippen LogP) is 3.19. The molecule has 1 aliphatic heterocycles. The van der Waals surface area contributed by atoms with Crippen LogP contribution in [-0.4, -0.2) is 21.5 Å². The number of allylic oxidation sites excluding steroid dienone is 1. The number of aromatic amines is 1. The van der Waals surface area contributed by atoms with E-state index in [1.165, 1.54) is 0 Å². The van der Waals surface area contributed by atoms with Crippen LogP contribution in [0.15, 0.2) is 28.8 Å². The van der Waals surface area contributed by atoms with Gasteiger partial charge in [-0.15, -0.1) is 0 Å². The molecular weight excluding hydrogens is 233 g/mol. The molecule has 0 spiro atoms. The number of hydrogen-bond acceptors (Lipinski definition) is 4. The molecule has 0 aromatic carbocycles. The van der Waals surface area contributed by atoms with Crippen LogP contribution in [0.25, 0.3) is 16.7 Å². The van der Waals surface area contributed by atoms with Gasteiger partial charge in [-0.3, -0.25) is 0 Å². The summed E-state index contributed by atoms with van der Waals surface area (Å²) in [5, 5.41) is 8.07. The van der Waals surface area contributed by atoms with Crippen LogP contribution < -0.4 is 0 Å². The van der Waals surface area contributed by atoms with Gasteiger partial charge in [0.2, 0.25) is 0 Å². The predicted molar refractivity (Wildman–Crippen MR) is 65.7 cm³/mol. The Morgan fingerprint density at radius 1 is 1.56 bits per heavy atom. The highest BCUT2D eigenvalue weighted by molar-refractivity contribution is 5.86. The van der Waals surface area contributed by atoms with Gasteiger partial charge in [0.15, 0.2) is 5.65 Å². The van der Waals surface area contributed by atoms with E-state index in [2.05, 4.69) is 25.2 Å². The molecule has 5 nitrogen and oxygen atoms in total. The zero-order valence-corrected chi connectivity index (χ0v) is 9.89. The van der Waals surface area contributed by atoms with Crippen molar-refractivity contribution >= 4 is 16.7 Å². The van der Waals surface area contributed by atoms with Gasteiger partial charge in [0.1, 0.15) is 11.9 Å². The topological polar surface area (TPSA) is 66.3 Å². The summed E-state index contributed by atoms with van der Waals surface area (Å²) in [6, 6.07) is 1.74. The Balaban J connectivity index is 2.14. The van der Waals surface area contributed by atoms with E-state index in [4.69, 9.17) is 0 Å². The summed E-state index contributed by atoms with van der Waals surface area (Å²) in [5.74, 6) is 0.748. The lowest BCUT2D eigenvalue weighted by Gasteiger charge is -2.00. The maximum atomic E-state index is 12.7. The minimum atomic E-state index is -0.0262. The van der Waals surface area contributed by atoms with Gasteiger partial charge < -0.3 is 4.98 Å². The Labute approximate surface area is 103 Å². The second kappa shape index (κ2) is 4.29. The molecule has 18 heavy (non-hydrogen) atoms. The maximum Gasteiger partial charge on any atom is 0.178 e. The molecule has 1 unspecified atom stereocenters. The lowest BCUT2D eigenvalue weighted by molar-refractivity contribution is 0.697. The number of azo groups is 1. The number of aromatic nitrogens is 3. The SMILES string of the molecule is CC(=CF)c1ccnc2nc(C3CCN=N3)[nH]c12. The van der Waals surface area contributed by atoms with Crippen LogP contribution >= 0.6 is 0 Å². The van der Waals surface area contributed by atoms with Gasteiger partial charge in [-0.25, -0.2) is 14.4 Å². The lowest BCUT2D eigenvalue weighted by Crippen LogP contribution is -1.94. The molecule has 6 heteroatoms. The number of pyridine rings is 1. The van der Waals surface area contributed by atoms with Crippen LogP contribution in [0.2, 0.25) is 0 Å². The number of H-pyrrole nitrogens is 1. The first-order chi connectivity index (χ1) is 8.79. The van der Waals surface area contributed by atoms with Crippen molar-refractivity contribution in [2.24, 2.45) is 10.2 Å². The summed E-state index contributed by atoms with van der Waals surface area (Å²) >= 11 is 0. The quantitative estimate of drug-likeness (QED) is 0.882. The van der Waals surface area contributed by atoms with Crippen LogP contribution in [0, 0.1) is 0 Å². The van der Waals surface area contributed by atoms with Crippen LogP contribution in [0.5, 0.6) is 0 Å². The zero-order chi connectivity index (χ0) is 12.5. The van der Waals surface area contributed by atoms with Crippen molar-refractivity contribution in [1.82, 2.24) is 15.0 Å². The molecule has 1 atom stereocenters. The maximum absolute atomic E-state index is 12.7. The molecule has 0 bridgehead atoms. The highest BCUT2D eigenvalue weighted by Crippen LogP contribution is 2.28. The number of hydrogen-bond donors (Lipinski definition) is 1. The molecule has 0 fully saturated rings. The molecule has 3 rings (SSSR count). The number of imidazole rings is 1. The largest absolute Gasteiger partial charge is 0.338 e. The average molecular weight is 245 g/mol. The molecule has 0 saturated carbocycles. The average Bonchev–Trinajstić information content (AvgIpc) is 3.04. The summed E-state index contributed by atoms with van der Waals surface area (Å²) < 4.78 is 12.7. The van der Waals surface area contributed by atoms with Crippen molar-refractivity contribution < 1.29 is 4.39 Å². The molecule has 0 aliphatic carbocycles. The summed E-state index contributed by atoms with van der Waals surface area (Å²) in [6.45, 7) is 2.44. The molecule has 0 radical (unpaired) electrons. The van der Waals surface area contributed by atoms with E-state index < -0.39 is 0 Å². The fraction of sp³-hybridized carbons (Fsp3) is 0.333. The fourth-order valence-electron chi connectivity index (χ4n) is 2.06. The van der Waals surface area contributed by atoms with Crippen molar-refractivity contribution in [3.05, 3.63) is 30.0 Å². The van der Waals surface area contributed by atoms with E-state index in [0.717, 1.165) is 29.9 Å². The number of nitrogens with zero attached hydrogens (tertiary/aromatic N) is 4. The molecule has 2 aromatic rings. The van der Waals surface area contributed by atoms with Gasteiger partial charge in [0.05, 0.1) is 18.4 Å². The number of fused-ring (bicyclic) bond motifs is 1. The summed E-state index contributed by atoms with van der Waals surface area (Å²) in [6.07, 6.45) is 3.07. The third kappa shape index (κ3) is 1.70. The first-order valence-corrected chi connectivity index (χ1v) is 5.78. The fourth-order valence-corrected chi connectivity index (χ4v) is 2.06. The van der Waals surface area contributed by atoms with Gasteiger partial charge in [-0.1, -0.05) is 0 Å². The molecule has 1 aliphatic rings. The zero-order valence-electron chi connectivity index (χ0n) is 9.89. The minimum absolute atomic E-state index is 0.0262. The van der Waals surface area contributed by atoms with Gasteiger partial charge >= 0.3 is 0 Å². The number of nitrogens with one attached hydrogen (secondary N) is 1. The summed E-state index contributed by atoms with van der Waals surface area (Å²) in [5.41, 5.74) is 2.66. The van der Waals surface area contributed by atoms with E-state index in [0.29, 0.717) is 17.6 Å². The van der Waals surface area contributed by atoms with Crippen molar-refractivity contribution in [3.8, 4) is 0 Å². The minimum Gasteiger partial charge on any atom is -0.338 e. The number of rotatable bonds is 2. The normalized spacial score (nSPS) is 19.9. The van der Waals surface area contributed by atoms with Crippen molar-refractivity contribution in [3.63, 3.8) is 0 Å². The molecule has 0 amide bonds. The molecule has 92 valence electrons. The molecule has 2 aromatic heterocycles. The van der Waals surface area contributed by atoms with E-state index in [1.54, 1.807) is 19.2 Å². The second-order valence-corrected chi connectivity index (χ2v) is 4.26. The highest BCUT2D eigenvalue weighted by atomic mass is 19.1. The third-order valence-corrected chi connectivity index (χ3v) is 3.04. The molecule has 3 heterocycles. The van der Waals surface area contributed by atoms with Crippen LogP contribution in [-0.2, 0) is 0 Å². The standard InChI is InChI=1S/C12H12FN5/c1-7(6-13)8-2-4-14-12-10(8)16-11(17-12)9-3-5-15-18-9/h2,4,6,9H,3,5H2,1H3,(H,14,16,17). The smallest absolute Gasteiger partial charge is 0.178 e. The summed E-state index contributed by atoms with van der Waals surface area (Å²) in [4.78, 5) is 11.8. The van der Waals surface area contributed by atoms with Crippen molar-refractivity contribution in [1.29, 1.82) is 0 Å². The van der Waals surface area contributed by atoms with Crippen molar-refractivity contribution in [2.75, 3.05) is 6.54 Å². The Hall–Kier alpha value is -2.11.